The molecule has 2 heteroatoms. The third-order valence-corrected chi connectivity index (χ3v) is 8.17. The number of unbranched alkanes of at least 4 members (excludes halogenated alkanes) is 4. The van der Waals surface area contributed by atoms with E-state index in [-0.39, 0.29) is 16.7 Å². The highest BCUT2D eigenvalue weighted by atomic mass is 16.3. The summed E-state index contributed by atoms with van der Waals surface area (Å²) in [6.45, 7) is 11.3. The van der Waals surface area contributed by atoms with Crippen molar-refractivity contribution in [1.29, 1.82) is 0 Å². The van der Waals surface area contributed by atoms with Crippen molar-refractivity contribution in [3.05, 3.63) is 47.6 Å². The van der Waals surface area contributed by atoms with E-state index in [1.165, 1.54) is 36.8 Å². The summed E-state index contributed by atoms with van der Waals surface area (Å²) in [5, 5.41) is 22.9. The molecule has 4 unspecified atom stereocenters. The van der Waals surface area contributed by atoms with Crippen molar-refractivity contribution in [2.45, 2.75) is 124 Å². The molecule has 182 valence electrons. The summed E-state index contributed by atoms with van der Waals surface area (Å²) >= 11 is 0. The SMILES string of the molecule is CCCCC1=CC(CCCC)(C(C)C2(CCCC)C=C(CCCC)C=CC2O)C(O)C=C1. The number of hydrogen-bond acceptors (Lipinski definition) is 2. The van der Waals surface area contributed by atoms with Gasteiger partial charge in [-0.3, -0.25) is 0 Å². The number of rotatable bonds is 14. The van der Waals surface area contributed by atoms with Crippen LogP contribution in [0.4, 0.5) is 0 Å². The fraction of sp³-hybridized carbons (Fsp3) is 0.733. The first-order chi connectivity index (χ1) is 15.4. The molecule has 0 heterocycles. The lowest BCUT2D eigenvalue weighted by molar-refractivity contribution is -0.0492. The van der Waals surface area contributed by atoms with Crippen LogP contribution in [0.1, 0.15) is 112 Å². The zero-order valence-corrected chi connectivity index (χ0v) is 21.6. The van der Waals surface area contributed by atoms with Gasteiger partial charge in [-0.25, -0.2) is 0 Å². The normalized spacial score (nSPS) is 30.8. The molecule has 0 aromatic carbocycles. The molecule has 2 N–H and O–H groups in total. The van der Waals surface area contributed by atoms with Crippen LogP contribution < -0.4 is 0 Å². The highest BCUT2D eigenvalue weighted by Crippen LogP contribution is 2.55. The van der Waals surface area contributed by atoms with Gasteiger partial charge in [-0.05, 0) is 44.4 Å². The second-order valence-corrected chi connectivity index (χ2v) is 10.4. The Morgan fingerprint density at radius 1 is 0.688 bits per heavy atom. The minimum atomic E-state index is -0.501. The molecule has 0 aliphatic heterocycles. The summed E-state index contributed by atoms with van der Waals surface area (Å²) in [5.41, 5.74) is 2.06. The molecule has 32 heavy (non-hydrogen) atoms. The Labute approximate surface area is 198 Å². The molecule has 2 nitrogen and oxygen atoms in total. The van der Waals surface area contributed by atoms with Crippen LogP contribution in [-0.2, 0) is 0 Å². The van der Waals surface area contributed by atoms with Gasteiger partial charge in [-0.2, -0.15) is 0 Å². The molecule has 0 radical (unpaired) electrons. The van der Waals surface area contributed by atoms with E-state index in [0.717, 1.165) is 51.4 Å². The van der Waals surface area contributed by atoms with Crippen LogP contribution in [0.2, 0.25) is 0 Å². The van der Waals surface area contributed by atoms with E-state index in [2.05, 4.69) is 58.9 Å². The quantitative estimate of drug-likeness (QED) is 0.285. The van der Waals surface area contributed by atoms with Gasteiger partial charge in [-0.15, -0.1) is 0 Å². The molecule has 0 aromatic heterocycles. The minimum absolute atomic E-state index is 0.140. The molecule has 0 amide bonds. The molecule has 2 aliphatic rings. The molecule has 0 bridgehead atoms. The second kappa shape index (κ2) is 12.9. The third-order valence-electron chi connectivity index (χ3n) is 8.17. The average Bonchev–Trinajstić information content (AvgIpc) is 2.81. The zero-order chi connectivity index (χ0) is 23.6. The maximum Gasteiger partial charge on any atom is 0.0817 e. The molecule has 2 aliphatic carbocycles. The van der Waals surface area contributed by atoms with Crippen molar-refractivity contribution in [1.82, 2.24) is 0 Å². The lowest BCUT2D eigenvalue weighted by Gasteiger charge is -2.53. The Bertz CT molecular complexity index is 627. The van der Waals surface area contributed by atoms with Crippen LogP contribution >= 0.6 is 0 Å². The summed E-state index contributed by atoms with van der Waals surface area (Å²) in [6.07, 6.45) is 25.4. The van der Waals surface area contributed by atoms with Gasteiger partial charge < -0.3 is 10.2 Å². The summed E-state index contributed by atoms with van der Waals surface area (Å²) in [6, 6.07) is 0. The molecular formula is C30H50O2. The second-order valence-electron chi connectivity index (χ2n) is 10.4. The van der Waals surface area contributed by atoms with Crippen molar-refractivity contribution < 1.29 is 10.2 Å². The molecule has 2 rings (SSSR count). The molecule has 0 spiro atoms. The van der Waals surface area contributed by atoms with Crippen LogP contribution in [-0.4, -0.2) is 22.4 Å². The number of hydrogen-bond donors (Lipinski definition) is 2. The molecule has 0 aromatic rings. The smallest absolute Gasteiger partial charge is 0.0817 e. The fourth-order valence-electron chi connectivity index (χ4n) is 5.92. The Morgan fingerprint density at radius 3 is 1.41 bits per heavy atom. The maximum atomic E-state index is 11.5. The van der Waals surface area contributed by atoms with E-state index in [1.54, 1.807) is 0 Å². The highest BCUT2D eigenvalue weighted by Gasteiger charge is 2.52. The van der Waals surface area contributed by atoms with Crippen molar-refractivity contribution >= 4 is 0 Å². The van der Waals surface area contributed by atoms with Crippen LogP contribution in [0.3, 0.4) is 0 Å². The highest BCUT2D eigenvalue weighted by molar-refractivity contribution is 5.36. The molecular weight excluding hydrogens is 392 g/mol. The predicted molar refractivity (Wildman–Crippen MR) is 139 cm³/mol. The third kappa shape index (κ3) is 6.06. The zero-order valence-electron chi connectivity index (χ0n) is 21.6. The van der Waals surface area contributed by atoms with Gasteiger partial charge in [0.05, 0.1) is 12.2 Å². The van der Waals surface area contributed by atoms with Crippen LogP contribution in [0.5, 0.6) is 0 Å². The van der Waals surface area contributed by atoms with Crippen LogP contribution in [0.15, 0.2) is 47.6 Å². The number of aliphatic hydroxyl groups excluding tert-OH is 2. The van der Waals surface area contributed by atoms with Crippen molar-refractivity contribution in [3.8, 4) is 0 Å². The van der Waals surface area contributed by atoms with E-state index in [0.29, 0.717) is 0 Å². The average molecular weight is 443 g/mol. The van der Waals surface area contributed by atoms with Crippen molar-refractivity contribution in [2.24, 2.45) is 16.7 Å². The van der Waals surface area contributed by atoms with Gasteiger partial charge in [-0.1, -0.05) is 121 Å². The summed E-state index contributed by atoms with van der Waals surface area (Å²) in [5.74, 6) is 0.140. The van der Waals surface area contributed by atoms with Crippen molar-refractivity contribution in [3.63, 3.8) is 0 Å². The fourth-order valence-corrected chi connectivity index (χ4v) is 5.92. The Balaban J connectivity index is 2.56. The number of aliphatic hydroxyl groups is 2. The van der Waals surface area contributed by atoms with Crippen LogP contribution in [0.25, 0.3) is 0 Å². The first-order valence-electron chi connectivity index (χ1n) is 13.6. The minimum Gasteiger partial charge on any atom is -0.388 e. The Hall–Kier alpha value is -1.12. The van der Waals surface area contributed by atoms with E-state index in [9.17, 15) is 10.2 Å². The predicted octanol–water partition coefficient (Wildman–Crippen LogP) is 8.07. The van der Waals surface area contributed by atoms with Crippen LogP contribution in [0, 0.1) is 16.7 Å². The van der Waals surface area contributed by atoms with E-state index < -0.39 is 12.2 Å². The largest absolute Gasteiger partial charge is 0.388 e. The summed E-state index contributed by atoms with van der Waals surface area (Å²) in [7, 11) is 0. The Kier molecular flexibility index (Phi) is 11.0. The Morgan fingerprint density at radius 2 is 1.06 bits per heavy atom. The number of allylic oxidation sites excluding steroid dienone is 4. The van der Waals surface area contributed by atoms with Gasteiger partial charge in [0.1, 0.15) is 0 Å². The van der Waals surface area contributed by atoms with Gasteiger partial charge in [0.2, 0.25) is 0 Å². The standard InChI is InChI=1S/C30H50O2/c1-6-10-14-25-16-18-27(31)29(22-25,20-12-8-3)24(5)30(21-13-9-4)23-26(15-11-7-2)17-19-28(30)32/h16-19,22-24,27-28,31-32H,6-15,20-21H2,1-5H3. The lowest BCUT2D eigenvalue weighted by atomic mass is 9.53. The summed E-state index contributed by atoms with van der Waals surface area (Å²) < 4.78 is 0. The molecule has 0 saturated heterocycles. The maximum absolute atomic E-state index is 11.5. The van der Waals surface area contributed by atoms with Gasteiger partial charge in [0.25, 0.3) is 0 Å². The van der Waals surface area contributed by atoms with Gasteiger partial charge in [0, 0.05) is 10.8 Å². The molecule has 0 fully saturated rings. The monoisotopic (exact) mass is 442 g/mol. The summed E-state index contributed by atoms with van der Waals surface area (Å²) in [4.78, 5) is 0. The van der Waals surface area contributed by atoms with Gasteiger partial charge >= 0.3 is 0 Å². The lowest BCUT2D eigenvalue weighted by Crippen LogP contribution is -2.51. The van der Waals surface area contributed by atoms with E-state index in [1.807, 2.05) is 12.2 Å². The topological polar surface area (TPSA) is 40.5 Å². The van der Waals surface area contributed by atoms with E-state index in [4.69, 9.17) is 0 Å². The van der Waals surface area contributed by atoms with E-state index >= 15 is 0 Å². The molecule has 4 atom stereocenters. The van der Waals surface area contributed by atoms with Crippen molar-refractivity contribution in [2.75, 3.05) is 0 Å². The van der Waals surface area contributed by atoms with Gasteiger partial charge in [0.15, 0.2) is 0 Å². The first-order valence-corrected chi connectivity index (χ1v) is 13.6. The first kappa shape index (κ1) is 27.1. The molecule has 0 saturated carbocycles.